The Kier molecular flexibility index (Phi) is 4.29. The molecule has 1 aliphatic heterocycles. The van der Waals surface area contributed by atoms with Crippen molar-refractivity contribution in [3.8, 4) is 0 Å². The van der Waals surface area contributed by atoms with E-state index < -0.39 is 5.67 Å². The lowest BCUT2D eigenvalue weighted by atomic mass is 9.89. The zero-order chi connectivity index (χ0) is 12.3. The first-order valence-electron chi connectivity index (χ1n) is 5.93. The number of nitrogens with one attached hydrogen (secondary N) is 1. The van der Waals surface area contributed by atoms with Gasteiger partial charge in [0.1, 0.15) is 5.67 Å². The summed E-state index contributed by atoms with van der Waals surface area (Å²) in [6.45, 7) is 1.63. The summed E-state index contributed by atoms with van der Waals surface area (Å²) < 4.78 is 14.7. The molecule has 1 atom stereocenters. The maximum atomic E-state index is 14.7. The van der Waals surface area contributed by atoms with Crippen molar-refractivity contribution in [3.05, 3.63) is 33.8 Å². The lowest BCUT2D eigenvalue weighted by Gasteiger charge is -2.24. The molecule has 17 heavy (non-hydrogen) atoms. The summed E-state index contributed by atoms with van der Waals surface area (Å²) in [6, 6.07) is 5.41. The molecule has 0 amide bonds. The second-order valence-electron chi connectivity index (χ2n) is 4.64. The van der Waals surface area contributed by atoms with Gasteiger partial charge in [0.25, 0.3) is 0 Å². The number of hydrogen-bond acceptors (Lipinski definition) is 1. The number of benzene rings is 1. The molecule has 0 saturated carbocycles. The van der Waals surface area contributed by atoms with E-state index in [0.717, 1.165) is 25.1 Å². The van der Waals surface area contributed by atoms with Crippen LogP contribution in [0.15, 0.2) is 18.2 Å². The van der Waals surface area contributed by atoms with Crippen molar-refractivity contribution in [1.82, 2.24) is 5.32 Å². The van der Waals surface area contributed by atoms with Gasteiger partial charge in [-0.05, 0) is 44.0 Å². The minimum Gasteiger partial charge on any atom is -0.317 e. The second kappa shape index (κ2) is 5.55. The van der Waals surface area contributed by atoms with Crippen LogP contribution in [0.4, 0.5) is 4.39 Å². The predicted octanol–water partition coefficient (Wildman–Crippen LogP) is 4.02. The van der Waals surface area contributed by atoms with Crippen LogP contribution in [0.3, 0.4) is 0 Å². The van der Waals surface area contributed by atoms with E-state index in [-0.39, 0.29) is 0 Å². The highest BCUT2D eigenvalue weighted by molar-refractivity contribution is 6.42. The summed E-state index contributed by atoms with van der Waals surface area (Å²) >= 11 is 12.0. The number of rotatable bonds is 2. The van der Waals surface area contributed by atoms with Gasteiger partial charge in [0.2, 0.25) is 0 Å². The number of halogens is 3. The van der Waals surface area contributed by atoms with E-state index in [0.29, 0.717) is 29.3 Å². The van der Waals surface area contributed by atoms with E-state index in [9.17, 15) is 4.39 Å². The van der Waals surface area contributed by atoms with Gasteiger partial charge in [0, 0.05) is 6.42 Å². The Balaban J connectivity index is 2.15. The first-order chi connectivity index (χ1) is 8.11. The molecule has 1 saturated heterocycles. The molecular weight excluding hydrogens is 260 g/mol. The quantitative estimate of drug-likeness (QED) is 0.860. The smallest absolute Gasteiger partial charge is 0.116 e. The van der Waals surface area contributed by atoms with Crippen LogP contribution < -0.4 is 5.32 Å². The van der Waals surface area contributed by atoms with E-state index in [2.05, 4.69) is 5.32 Å². The summed E-state index contributed by atoms with van der Waals surface area (Å²) in [5.74, 6) is 0. The van der Waals surface area contributed by atoms with Crippen molar-refractivity contribution >= 4 is 23.2 Å². The molecule has 1 aromatic rings. The van der Waals surface area contributed by atoms with Crippen LogP contribution in [0, 0.1) is 0 Å². The van der Waals surface area contributed by atoms with Gasteiger partial charge < -0.3 is 5.32 Å². The molecule has 1 nitrogen and oxygen atoms in total. The van der Waals surface area contributed by atoms with E-state index in [1.54, 1.807) is 6.07 Å². The van der Waals surface area contributed by atoms with E-state index in [1.165, 1.54) is 0 Å². The van der Waals surface area contributed by atoms with Gasteiger partial charge in [0.05, 0.1) is 10.0 Å². The summed E-state index contributed by atoms with van der Waals surface area (Å²) in [5.41, 5.74) is -0.346. The molecule has 0 radical (unpaired) electrons. The van der Waals surface area contributed by atoms with Crippen LogP contribution >= 0.6 is 23.2 Å². The van der Waals surface area contributed by atoms with E-state index in [1.807, 2.05) is 12.1 Å². The molecule has 94 valence electrons. The Bertz CT molecular complexity index is 387. The third-order valence-corrected chi connectivity index (χ3v) is 4.13. The molecule has 1 unspecified atom stereocenters. The van der Waals surface area contributed by atoms with Gasteiger partial charge in [0.15, 0.2) is 0 Å². The minimum atomic E-state index is -1.15. The molecule has 0 aromatic heterocycles. The zero-order valence-electron chi connectivity index (χ0n) is 9.61. The topological polar surface area (TPSA) is 12.0 Å². The van der Waals surface area contributed by atoms with Crippen LogP contribution in [0.25, 0.3) is 0 Å². The molecule has 0 spiro atoms. The first-order valence-corrected chi connectivity index (χ1v) is 6.69. The average molecular weight is 276 g/mol. The first kappa shape index (κ1) is 13.1. The maximum Gasteiger partial charge on any atom is 0.116 e. The standard InChI is InChI=1S/C13H16Cl2FN/c14-11-4-1-3-10(12(11)15)9-13(16)5-2-7-17-8-6-13/h1,3-4,17H,2,5-9H2. The predicted molar refractivity (Wildman–Crippen MR) is 70.7 cm³/mol. The lowest BCUT2D eigenvalue weighted by molar-refractivity contribution is 0.144. The van der Waals surface area contributed by atoms with Crippen molar-refractivity contribution in [2.24, 2.45) is 0 Å². The summed E-state index contributed by atoms with van der Waals surface area (Å²) in [5, 5.41) is 4.20. The lowest BCUT2D eigenvalue weighted by Crippen LogP contribution is -2.27. The SMILES string of the molecule is FC1(Cc2cccc(Cl)c2Cl)CCCNCC1. The van der Waals surface area contributed by atoms with E-state index >= 15 is 0 Å². The third-order valence-electron chi connectivity index (χ3n) is 3.27. The molecular formula is C13H16Cl2FN. The molecule has 2 rings (SSSR count). The van der Waals surface area contributed by atoms with Crippen LogP contribution in [-0.4, -0.2) is 18.8 Å². The molecule has 1 aliphatic rings. The molecule has 1 heterocycles. The van der Waals surface area contributed by atoms with Crippen LogP contribution in [0.5, 0.6) is 0 Å². The summed E-state index contributed by atoms with van der Waals surface area (Å²) in [4.78, 5) is 0. The molecule has 0 aliphatic carbocycles. The van der Waals surface area contributed by atoms with Crippen LogP contribution in [0.2, 0.25) is 10.0 Å². The molecule has 1 N–H and O–H groups in total. The largest absolute Gasteiger partial charge is 0.317 e. The molecule has 0 bridgehead atoms. The fourth-order valence-electron chi connectivity index (χ4n) is 2.30. The van der Waals surface area contributed by atoms with Gasteiger partial charge in [-0.25, -0.2) is 4.39 Å². The molecule has 4 heteroatoms. The highest BCUT2D eigenvalue weighted by Crippen LogP contribution is 2.33. The van der Waals surface area contributed by atoms with Gasteiger partial charge >= 0.3 is 0 Å². The van der Waals surface area contributed by atoms with Gasteiger partial charge in [-0.1, -0.05) is 35.3 Å². The van der Waals surface area contributed by atoms with Crippen LogP contribution in [-0.2, 0) is 6.42 Å². The van der Waals surface area contributed by atoms with Crippen molar-refractivity contribution in [1.29, 1.82) is 0 Å². The Labute approximate surface area is 111 Å². The minimum absolute atomic E-state index is 0.355. The van der Waals surface area contributed by atoms with Gasteiger partial charge in [-0.2, -0.15) is 0 Å². The average Bonchev–Trinajstić information content (AvgIpc) is 2.50. The second-order valence-corrected chi connectivity index (χ2v) is 5.43. The Hall–Kier alpha value is -0.310. The Morgan fingerprint density at radius 2 is 2.06 bits per heavy atom. The fourth-order valence-corrected chi connectivity index (χ4v) is 2.68. The highest BCUT2D eigenvalue weighted by atomic mass is 35.5. The van der Waals surface area contributed by atoms with Crippen molar-refractivity contribution in [2.75, 3.05) is 13.1 Å². The zero-order valence-corrected chi connectivity index (χ0v) is 11.1. The van der Waals surface area contributed by atoms with Crippen molar-refractivity contribution in [3.63, 3.8) is 0 Å². The Morgan fingerprint density at radius 1 is 1.24 bits per heavy atom. The summed E-state index contributed by atoms with van der Waals surface area (Å²) in [7, 11) is 0. The third kappa shape index (κ3) is 3.34. The number of alkyl halides is 1. The normalized spacial score (nSPS) is 25.6. The highest BCUT2D eigenvalue weighted by Gasteiger charge is 2.31. The van der Waals surface area contributed by atoms with Crippen molar-refractivity contribution < 1.29 is 4.39 Å². The van der Waals surface area contributed by atoms with Crippen molar-refractivity contribution in [2.45, 2.75) is 31.4 Å². The van der Waals surface area contributed by atoms with E-state index in [4.69, 9.17) is 23.2 Å². The van der Waals surface area contributed by atoms with Gasteiger partial charge in [-0.15, -0.1) is 0 Å². The molecule has 1 aromatic carbocycles. The maximum absolute atomic E-state index is 14.7. The monoisotopic (exact) mass is 275 g/mol. The fraction of sp³-hybridized carbons (Fsp3) is 0.538. The number of hydrogen-bond donors (Lipinski definition) is 1. The van der Waals surface area contributed by atoms with Crippen LogP contribution in [0.1, 0.15) is 24.8 Å². The molecule has 1 fully saturated rings. The Morgan fingerprint density at radius 3 is 2.88 bits per heavy atom. The summed E-state index contributed by atoms with van der Waals surface area (Å²) in [6.07, 6.45) is 2.35. The van der Waals surface area contributed by atoms with Gasteiger partial charge in [-0.3, -0.25) is 0 Å².